The monoisotopic (exact) mass is 224 g/mol. The van der Waals surface area contributed by atoms with E-state index in [4.69, 9.17) is 0 Å². The highest BCUT2D eigenvalue weighted by molar-refractivity contribution is 5.81. The number of carbonyl (C=O) groups excluding carboxylic acids is 1. The smallest absolute Gasteiger partial charge is 0.317 e. The zero-order valence-electron chi connectivity index (χ0n) is 9.47. The van der Waals surface area contributed by atoms with E-state index in [1.165, 1.54) is 7.11 Å². The van der Waals surface area contributed by atoms with Gasteiger partial charge in [-0.3, -0.25) is 9.59 Å². The summed E-state index contributed by atoms with van der Waals surface area (Å²) in [5.41, 5.74) is -1.08. The van der Waals surface area contributed by atoms with E-state index in [0.29, 0.717) is 0 Å². The molecule has 88 valence electrons. The third-order valence-electron chi connectivity index (χ3n) is 2.95. The zero-order valence-corrected chi connectivity index (χ0v) is 9.47. The van der Waals surface area contributed by atoms with Crippen LogP contribution >= 0.6 is 0 Å². The number of esters is 1. The number of ether oxygens (including phenoxy) is 1. The molecular weight excluding hydrogens is 208 g/mol. The second-order valence-electron chi connectivity index (χ2n) is 3.96. The van der Waals surface area contributed by atoms with Crippen LogP contribution in [0.25, 0.3) is 0 Å². The number of allylic oxidation sites excluding steroid dienone is 2. The normalized spacial score (nSPS) is 19.1. The lowest BCUT2D eigenvalue weighted by Crippen LogP contribution is -2.36. The minimum atomic E-state index is -1.08. The van der Waals surface area contributed by atoms with E-state index < -0.39 is 11.4 Å². The van der Waals surface area contributed by atoms with Crippen molar-refractivity contribution in [1.29, 1.82) is 0 Å². The number of carboxylic acid groups (broad SMARTS) is 1. The molecule has 0 aromatic rings. The summed E-state index contributed by atoms with van der Waals surface area (Å²) in [7, 11) is 1.30. The Morgan fingerprint density at radius 2 is 2.00 bits per heavy atom. The standard InChI is InChI=1S/C12H16O4/c1-9(8-10(13)16-2)12(11(14)15)6-4-3-5-7-12/h4-7,9H,3,8H2,1-2H3,(H,14,15). The molecule has 0 aromatic heterocycles. The van der Waals surface area contributed by atoms with Gasteiger partial charge in [-0.25, -0.2) is 0 Å². The van der Waals surface area contributed by atoms with Gasteiger partial charge in [0.1, 0.15) is 5.41 Å². The van der Waals surface area contributed by atoms with Crippen LogP contribution in [0.5, 0.6) is 0 Å². The molecule has 0 radical (unpaired) electrons. The molecule has 4 heteroatoms. The molecule has 0 saturated heterocycles. The molecule has 1 aliphatic rings. The molecule has 1 aliphatic carbocycles. The first-order valence-electron chi connectivity index (χ1n) is 5.18. The molecule has 0 amide bonds. The highest BCUT2D eigenvalue weighted by atomic mass is 16.5. The molecule has 0 bridgehead atoms. The van der Waals surface area contributed by atoms with Crippen LogP contribution in [0.2, 0.25) is 0 Å². The molecule has 0 aliphatic heterocycles. The maximum Gasteiger partial charge on any atom is 0.317 e. The fourth-order valence-corrected chi connectivity index (χ4v) is 1.84. The average Bonchev–Trinajstić information content (AvgIpc) is 2.29. The summed E-state index contributed by atoms with van der Waals surface area (Å²) in [6.45, 7) is 1.74. The molecule has 0 heterocycles. The van der Waals surface area contributed by atoms with E-state index >= 15 is 0 Å². The van der Waals surface area contributed by atoms with Gasteiger partial charge in [0.15, 0.2) is 0 Å². The molecule has 1 N–H and O–H groups in total. The van der Waals surface area contributed by atoms with E-state index in [1.807, 2.05) is 12.2 Å². The van der Waals surface area contributed by atoms with Crippen molar-refractivity contribution in [2.24, 2.45) is 11.3 Å². The summed E-state index contributed by atoms with van der Waals surface area (Å²) in [6, 6.07) is 0. The number of methoxy groups -OCH3 is 1. The lowest BCUT2D eigenvalue weighted by molar-refractivity contribution is -0.148. The average molecular weight is 224 g/mol. The van der Waals surface area contributed by atoms with Gasteiger partial charge in [0.05, 0.1) is 7.11 Å². The van der Waals surface area contributed by atoms with Gasteiger partial charge in [0, 0.05) is 6.42 Å². The quantitative estimate of drug-likeness (QED) is 0.584. The Balaban J connectivity index is 2.90. The summed E-state index contributed by atoms with van der Waals surface area (Å²) in [5.74, 6) is -1.65. The molecule has 0 aromatic carbocycles. The van der Waals surface area contributed by atoms with Crippen molar-refractivity contribution in [1.82, 2.24) is 0 Å². The predicted octanol–water partition coefficient (Wildman–Crippen LogP) is 1.77. The molecule has 4 nitrogen and oxygen atoms in total. The largest absolute Gasteiger partial charge is 0.480 e. The van der Waals surface area contributed by atoms with Crippen LogP contribution in [0.1, 0.15) is 19.8 Å². The number of carboxylic acids is 1. The first kappa shape index (κ1) is 12.5. The van der Waals surface area contributed by atoms with Crippen LogP contribution in [0.15, 0.2) is 24.3 Å². The lowest BCUT2D eigenvalue weighted by atomic mass is 9.72. The number of rotatable bonds is 4. The maximum atomic E-state index is 11.3. The molecule has 0 fully saturated rings. The van der Waals surface area contributed by atoms with Gasteiger partial charge < -0.3 is 9.84 Å². The Morgan fingerprint density at radius 3 is 2.44 bits per heavy atom. The van der Waals surface area contributed by atoms with Gasteiger partial charge in [-0.05, 0) is 12.3 Å². The Hall–Kier alpha value is -1.58. The van der Waals surface area contributed by atoms with E-state index in [9.17, 15) is 14.7 Å². The SMILES string of the molecule is COC(=O)CC(C)C1(C(=O)O)C=CCC=C1. The van der Waals surface area contributed by atoms with Gasteiger partial charge in [-0.1, -0.05) is 31.2 Å². The van der Waals surface area contributed by atoms with Crippen LogP contribution in [-0.4, -0.2) is 24.2 Å². The molecule has 1 rings (SSSR count). The third kappa shape index (κ3) is 2.32. The van der Waals surface area contributed by atoms with Crippen LogP contribution in [0.3, 0.4) is 0 Å². The van der Waals surface area contributed by atoms with Crippen molar-refractivity contribution in [3.8, 4) is 0 Å². The van der Waals surface area contributed by atoms with E-state index in [-0.39, 0.29) is 18.3 Å². The van der Waals surface area contributed by atoms with Crippen LogP contribution < -0.4 is 0 Å². The number of aliphatic carboxylic acids is 1. The third-order valence-corrected chi connectivity index (χ3v) is 2.95. The summed E-state index contributed by atoms with van der Waals surface area (Å²) in [6.07, 6.45) is 7.76. The number of hydrogen-bond acceptors (Lipinski definition) is 3. The predicted molar refractivity (Wildman–Crippen MR) is 58.8 cm³/mol. The molecule has 0 saturated carbocycles. The van der Waals surface area contributed by atoms with Gasteiger partial charge in [0.25, 0.3) is 0 Å². The second-order valence-corrected chi connectivity index (χ2v) is 3.96. The van der Waals surface area contributed by atoms with Crippen molar-refractivity contribution in [2.75, 3.05) is 7.11 Å². The molecule has 1 unspecified atom stereocenters. The highest BCUT2D eigenvalue weighted by Crippen LogP contribution is 2.36. The Bertz CT molecular complexity index is 329. The Kier molecular flexibility index (Phi) is 3.88. The van der Waals surface area contributed by atoms with Gasteiger partial charge in [-0.15, -0.1) is 0 Å². The van der Waals surface area contributed by atoms with Gasteiger partial charge in [-0.2, -0.15) is 0 Å². The summed E-state index contributed by atoms with van der Waals surface area (Å²) >= 11 is 0. The Labute approximate surface area is 94.6 Å². The first-order valence-corrected chi connectivity index (χ1v) is 5.18. The minimum absolute atomic E-state index is 0.0947. The lowest BCUT2D eigenvalue weighted by Gasteiger charge is -2.30. The topological polar surface area (TPSA) is 63.6 Å². The maximum absolute atomic E-state index is 11.3. The van der Waals surface area contributed by atoms with Gasteiger partial charge in [0.2, 0.25) is 0 Å². The van der Waals surface area contributed by atoms with Crippen LogP contribution in [0, 0.1) is 11.3 Å². The van der Waals surface area contributed by atoms with Crippen molar-refractivity contribution in [3.05, 3.63) is 24.3 Å². The molecule has 0 spiro atoms. The van der Waals surface area contributed by atoms with E-state index in [1.54, 1.807) is 19.1 Å². The molecule has 16 heavy (non-hydrogen) atoms. The summed E-state index contributed by atoms with van der Waals surface area (Å²) in [4.78, 5) is 22.5. The fraction of sp³-hybridized carbons (Fsp3) is 0.500. The highest BCUT2D eigenvalue weighted by Gasteiger charge is 2.40. The first-order chi connectivity index (χ1) is 7.53. The van der Waals surface area contributed by atoms with Crippen molar-refractivity contribution in [3.63, 3.8) is 0 Å². The minimum Gasteiger partial charge on any atom is -0.480 e. The number of carbonyl (C=O) groups is 2. The van der Waals surface area contributed by atoms with Gasteiger partial charge >= 0.3 is 11.9 Å². The second kappa shape index (κ2) is 4.96. The van der Waals surface area contributed by atoms with E-state index in [2.05, 4.69) is 4.74 Å². The van der Waals surface area contributed by atoms with Crippen molar-refractivity contribution >= 4 is 11.9 Å². The molecular formula is C12H16O4. The zero-order chi connectivity index (χ0) is 12.2. The summed E-state index contributed by atoms with van der Waals surface area (Å²) in [5, 5.41) is 9.29. The van der Waals surface area contributed by atoms with Crippen LogP contribution in [-0.2, 0) is 14.3 Å². The Morgan fingerprint density at radius 1 is 1.44 bits per heavy atom. The van der Waals surface area contributed by atoms with E-state index in [0.717, 1.165) is 6.42 Å². The fourth-order valence-electron chi connectivity index (χ4n) is 1.84. The molecule has 1 atom stereocenters. The van der Waals surface area contributed by atoms with Crippen LogP contribution in [0.4, 0.5) is 0 Å². The summed E-state index contributed by atoms with van der Waals surface area (Å²) < 4.78 is 4.56. The van der Waals surface area contributed by atoms with Crippen molar-refractivity contribution < 1.29 is 19.4 Å². The number of hydrogen-bond donors (Lipinski definition) is 1. The van der Waals surface area contributed by atoms with Crippen molar-refractivity contribution in [2.45, 2.75) is 19.8 Å².